The van der Waals surface area contributed by atoms with Crippen LogP contribution in [0.1, 0.15) is 24.0 Å². The molecule has 2 N–H and O–H groups in total. The van der Waals surface area contributed by atoms with Crippen molar-refractivity contribution in [2.24, 2.45) is 0 Å². The second-order valence-corrected chi connectivity index (χ2v) is 6.65. The molecular weight excluding hydrogens is 333 g/mol. The summed E-state index contributed by atoms with van der Waals surface area (Å²) in [4.78, 5) is 26.7. The van der Waals surface area contributed by atoms with Crippen LogP contribution >= 0.6 is 0 Å². The average Bonchev–Trinajstić information content (AvgIpc) is 3.06. The molecule has 2 aromatic carbocycles. The molecule has 1 aliphatic rings. The van der Waals surface area contributed by atoms with Gasteiger partial charge in [0.2, 0.25) is 5.91 Å². The third-order valence-electron chi connectivity index (χ3n) is 4.40. The van der Waals surface area contributed by atoms with E-state index in [1.807, 2.05) is 32.0 Å². The Morgan fingerprint density at radius 2 is 1.65 bits per heavy atom. The van der Waals surface area contributed by atoms with Gasteiger partial charge in [0, 0.05) is 17.9 Å². The first kappa shape index (κ1) is 17.9. The van der Waals surface area contributed by atoms with Crippen molar-refractivity contribution in [3.05, 3.63) is 59.4 Å². The van der Waals surface area contributed by atoms with E-state index in [0.717, 1.165) is 23.2 Å². The maximum Gasteiger partial charge on any atom is 0.322 e. The second-order valence-electron chi connectivity index (χ2n) is 6.65. The number of nitrogens with zero attached hydrogens (tertiary/aromatic N) is 1. The molecule has 1 atom stereocenters. The molecule has 0 aromatic heterocycles. The number of carbonyl (C=O) groups excluding carboxylic acids is 2. The van der Waals surface area contributed by atoms with Crippen LogP contribution in [0.3, 0.4) is 0 Å². The van der Waals surface area contributed by atoms with Gasteiger partial charge in [-0.2, -0.15) is 0 Å². The van der Waals surface area contributed by atoms with Gasteiger partial charge in [0.25, 0.3) is 0 Å². The van der Waals surface area contributed by atoms with E-state index in [2.05, 4.69) is 10.6 Å². The van der Waals surface area contributed by atoms with Crippen molar-refractivity contribution in [1.29, 1.82) is 0 Å². The Morgan fingerprint density at radius 1 is 1.00 bits per heavy atom. The minimum absolute atomic E-state index is 0.193. The lowest BCUT2D eigenvalue weighted by molar-refractivity contribution is -0.119. The predicted octanol–water partition coefficient (Wildman–Crippen LogP) is 4.08. The smallest absolute Gasteiger partial charge is 0.322 e. The van der Waals surface area contributed by atoms with Gasteiger partial charge in [-0.25, -0.2) is 9.18 Å². The molecule has 0 saturated carbocycles. The minimum Gasteiger partial charge on any atom is -0.324 e. The van der Waals surface area contributed by atoms with Crippen molar-refractivity contribution in [3.63, 3.8) is 0 Å². The minimum atomic E-state index is -0.517. The number of aryl methyl sites for hydroxylation is 2. The lowest BCUT2D eigenvalue weighted by Gasteiger charge is -2.24. The Morgan fingerprint density at radius 3 is 2.31 bits per heavy atom. The molecule has 1 saturated heterocycles. The van der Waals surface area contributed by atoms with E-state index in [1.165, 1.54) is 29.2 Å². The van der Waals surface area contributed by atoms with Crippen molar-refractivity contribution >= 4 is 23.3 Å². The molecule has 1 aliphatic heterocycles. The Labute approximate surface area is 152 Å². The number of urea groups is 1. The zero-order valence-electron chi connectivity index (χ0n) is 14.9. The highest BCUT2D eigenvalue weighted by atomic mass is 19.1. The van der Waals surface area contributed by atoms with Crippen molar-refractivity contribution in [3.8, 4) is 0 Å². The lowest BCUT2D eigenvalue weighted by atomic mass is 10.1. The van der Waals surface area contributed by atoms with Crippen LogP contribution in [0.2, 0.25) is 0 Å². The molecule has 1 fully saturated rings. The number of anilines is 2. The third-order valence-corrected chi connectivity index (χ3v) is 4.40. The fraction of sp³-hybridized carbons (Fsp3) is 0.300. The summed E-state index contributed by atoms with van der Waals surface area (Å²) in [6.07, 6.45) is 1.38. The molecule has 6 heteroatoms. The van der Waals surface area contributed by atoms with Crippen LogP contribution in [0.25, 0.3) is 0 Å². The number of halogens is 1. The highest BCUT2D eigenvalue weighted by molar-refractivity contribution is 5.99. The molecule has 0 spiro atoms. The van der Waals surface area contributed by atoms with Gasteiger partial charge in [0.1, 0.15) is 11.9 Å². The van der Waals surface area contributed by atoms with Crippen LogP contribution in [-0.4, -0.2) is 29.4 Å². The molecule has 0 aliphatic carbocycles. The maximum atomic E-state index is 13.0. The summed E-state index contributed by atoms with van der Waals surface area (Å²) in [5, 5.41) is 5.63. The monoisotopic (exact) mass is 355 g/mol. The number of hydrogen-bond acceptors (Lipinski definition) is 2. The van der Waals surface area contributed by atoms with E-state index < -0.39 is 6.04 Å². The molecule has 3 amide bonds. The van der Waals surface area contributed by atoms with Crippen LogP contribution in [0, 0.1) is 19.7 Å². The third kappa shape index (κ3) is 4.20. The van der Waals surface area contributed by atoms with Crippen LogP contribution in [0.5, 0.6) is 0 Å². The highest BCUT2D eigenvalue weighted by Gasteiger charge is 2.34. The van der Waals surface area contributed by atoms with Crippen LogP contribution in [-0.2, 0) is 4.79 Å². The summed E-state index contributed by atoms with van der Waals surface area (Å²) in [5.74, 6) is -0.559. The van der Waals surface area contributed by atoms with Gasteiger partial charge in [0.15, 0.2) is 0 Å². The largest absolute Gasteiger partial charge is 0.324 e. The molecule has 0 radical (unpaired) electrons. The Balaban J connectivity index is 1.67. The van der Waals surface area contributed by atoms with Crippen molar-refractivity contribution in [1.82, 2.24) is 4.90 Å². The standard InChI is InChI=1S/C20H22FN3O2/c1-13-10-14(2)12-17(11-13)22-19(25)18-4-3-9-24(18)20(26)23-16-7-5-15(21)6-8-16/h5-8,10-12,18H,3-4,9H2,1-2H3,(H,22,25)(H,23,26). The zero-order chi connectivity index (χ0) is 18.7. The van der Waals surface area contributed by atoms with Crippen LogP contribution in [0.15, 0.2) is 42.5 Å². The van der Waals surface area contributed by atoms with Crippen LogP contribution < -0.4 is 10.6 Å². The fourth-order valence-corrected chi connectivity index (χ4v) is 3.28. The van der Waals surface area contributed by atoms with E-state index in [9.17, 15) is 14.0 Å². The van der Waals surface area contributed by atoms with Crippen molar-refractivity contribution in [2.45, 2.75) is 32.7 Å². The molecule has 136 valence electrons. The Bertz CT molecular complexity index is 800. The van der Waals surface area contributed by atoms with E-state index >= 15 is 0 Å². The van der Waals surface area contributed by atoms with E-state index in [1.54, 1.807) is 0 Å². The van der Waals surface area contributed by atoms with Crippen molar-refractivity contribution in [2.75, 3.05) is 17.2 Å². The second kappa shape index (κ2) is 7.56. The highest BCUT2D eigenvalue weighted by Crippen LogP contribution is 2.22. The first-order chi connectivity index (χ1) is 12.4. The fourth-order valence-electron chi connectivity index (χ4n) is 3.28. The molecule has 1 heterocycles. The number of nitrogens with one attached hydrogen (secondary N) is 2. The van der Waals surface area contributed by atoms with Gasteiger partial charge in [-0.3, -0.25) is 4.79 Å². The number of amides is 3. The Hall–Kier alpha value is -2.89. The summed E-state index contributed by atoms with van der Waals surface area (Å²) >= 11 is 0. The normalized spacial score (nSPS) is 16.4. The summed E-state index contributed by atoms with van der Waals surface area (Å²) in [7, 11) is 0. The van der Waals surface area contributed by atoms with E-state index in [4.69, 9.17) is 0 Å². The molecule has 3 rings (SSSR count). The molecule has 2 aromatic rings. The van der Waals surface area contributed by atoms with Gasteiger partial charge in [-0.15, -0.1) is 0 Å². The lowest BCUT2D eigenvalue weighted by Crippen LogP contribution is -2.45. The predicted molar refractivity (Wildman–Crippen MR) is 99.7 cm³/mol. The van der Waals surface area contributed by atoms with Gasteiger partial charge in [-0.05, 0) is 74.2 Å². The number of rotatable bonds is 3. The number of hydrogen-bond donors (Lipinski definition) is 2. The summed E-state index contributed by atoms with van der Waals surface area (Å²) < 4.78 is 13.0. The topological polar surface area (TPSA) is 61.4 Å². The summed E-state index contributed by atoms with van der Waals surface area (Å²) in [6.45, 7) is 4.46. The van der Waals surface area contributed by atoms with E-state index in [0.29, 0.717) is 18.7 Å². The first-order valence-electron chi connectivity index (χ1n) is 8.65. The number of benzene rings is 2. The van der Waals surface area contributed by atoms with Gasteiger partial charge in [-0.1, -0.05) is 6.07 Å². The average molecular weight is 355 g/mol. The summed E-state index contributed by atoms with van der Waals surface area (Å²) in [6, 6.07) is 10.5. The molecule has 26 heavy (non-hydrogen) atoms. The quantitative estimate of drug-likeness (QED) is 0.871. The Kier molecular flexibility index (Phi) is 5.21. The SMILES string of the molecule is Cc1cc(C)cc(NC(=O)C2CCCN2C(=O)Nc2ccc(F)cc2)c1. The van der Waals surface area contributed by atoms with Crippen molar-refractivity contribution < 1.29 is 14.0 Å². The van der Waals surface area contributed by atoms with Gasteiger partial charge < -0.3 is 15.5 Å². The number of likely N-dealkylation sites (tertiary alicyclic amines) is 1. The summed E-state index contributed by atoms with van der Waals surface area (Å²) in [5.41, 5.74) is 3.37. The molecule has 5 nitrogen and oxygen atoms in total. The molecular formula is C20H22FN3O2. The molecule has 0 bridgehead atoms. The maximum absolute atomic E-state index is 13.0. The van der Waals surface area contributed by atoms with Gasteiger partial charge >= 0.3 is 6.03 Å². The van der Waals surface area contributed by atoms with Crippen LogP contribution in [0.4, 0.5) is 20.6 Å². The molecule has 1 unspecified atom stereocenters. The first-order valence-corrected chi connectivity index (χ1v) is 8.65. The van der Waals surface area contributed by atoms with Gasteiger partial charge in [0.05, 0.1) is 0 Å². The van der Waals surface area contributed by atoms with E-state index in [-0.39, 0.29) is 17.8 Å². The zero-order valence-corrected chi connectivity index (χ0v) is 14.9. The number of carbonyl (C=O) groups is 2.